The number of ether oxygens (including phenoxy) is 1. The molecule has 0 atom stereocenters. The molecule has 5 rings (SSSR count). The Kier molecular flexibility index (Phi) is 4.99. The Hall–Kier alpha value is -1.70. The van der Waals surface area contributed by atoms with Gasteiger partial charge in [0, 0.05) is 42.4 Å². The number of aromatic nitrogens is 2. The maximum atomic E-state index is 12.8. The van der Waals surface area contributed by atoms with Crippen LogP contribution in [0.2, 0.25) is 0 Å². The van der Waals surface area contributed by atoms with E-state index in [1.165, 1.54) is 23.3 Å². The zero-order valence-electron chi connectivity index (χ0n) is 16.2. The zero-order chi connectivity index (χ0) is 19.0. The van der Waals surface area contributed by atoms with E-state index in [-0.39, 0.29) is 11.5 Å². The van der Waals surface area contributed by atoms with Gasteiger partial charge < -0.3 is 15.0 Å². The van der Waals surface area contributed by atoms with E-state index in [0.29, 0.717) is 6.04 Å². The fraction of sp³-hybridized carbons (Fsp3) is 0.619. The molecule has 1 aliphatic carbocycles. The largest absolute Gasteiger partial charge is 0.369 e. The van der Waals surface area contributed by atoms with Gasteiger partial charge in [-0.15, -0.1) is 11.3 Å². The molecule has 1 spiro atoms. The lowest BCUT2D eigenvalue weighted by atomic mass is 9.85. The number of imidazole rings is 1. The van der Waals surface area contributed by atoms with Gasteiger partial charge in [0.15, 0.2) is 0 Å². The highest BCUT2D eigenvalue weighted by Gasteiger charge is 2.42. The zero-order valence-corrected chi connectivity index (χ0v) is 17.0. The number of rotatable bonds is 4. The number of carbonyl (C=O) groups is 1. The van der Waals surface area contributed by atoms with Gasteiger partial charge in [0.2, 0.25) is 0 Å². The monoisotopic (exact) mass is 400 g/mol. The molecule has 3 aliphatic rings. The second-order valence-corrected chi connectivity index (χ2v) is 9.42. The minimum atomic E-state index is -0.200. The van der Waals surface area contributed by atoms with E-state index in [9.17, 15) is 4.79 Å². The second-order valence-electron chi connectivity index (χ2n) is 8.37. The Morgan fingerprint density at radius 1 is 1.36 bits per heavy atom. The van der Waals surface area contributed by atoms with Crippen molar-refractivity contribution < 1.29 is 9.53 Å². The lowest BCUT2D eigenvalue weighted by Crippen LogP contribution is -2.45. The molecule has 1 saturated heterocycles. The molecular formula is C21H28N4O2S. The standard InChI is InChI=1S/C21H28N4O2S/c26-20(24-16-3-1-2-4-16)18-11-15-5-10-27-21(19(15)28-18)6-8-25(9-7-21)13-17-12-22-14-23-17/h11-12,14,16H,1-10,13H2,(H,22,23)(H,24,26). The van der Waals surface area contributed by atoms with Gasteiger partial charge in [-0.2, -0.15) is 0 Å². The lowest BCUT2D eigenvalue weighted by molar-refractivity contribution is -0.0961. The number of hydrogen-bond acceptors (Lipinski definition) is 5. The average molecular weight is 401 g/mol. The summed E-state index contributed by atoms with van der Waals surface area (Å²) in [4.78, 5) is 24.7. The summed E-state index contributed by atoms with van der Waals surface area (Å²) in [5.41, 5.74) is 2.28. The quantitative estimate of drug-likeness (QED) is 0.827. The van der Waals surface area contributed by atoms with Crippen molar-refractivity contribution in [1.82, 2.24) is 20.2 Å². The van der Waals surface area contributed by atoms with Crippen LogP contribution >= 0.6 is 11.3 Å². The second kappa shape index (κ2) is 7.61. The van der Waals surface area contributed by atoms with Crippen molar-refractivity contribution in [3.8, 4) is 0 Å². The Morgan fingerprint density at radius 3 is 2.93 bits per heavy atom. The molecule has 7 heteroatoms. The molecule has 6 nitrogen and oxygen atoms in total. The first-order valence-electron chi connectivity index (χ1n) is 10.5. The normalized spacial score (nSPS) is 22.4. The van der Waals surface area contributed by atoms with E-state index in [2.05, 4.69) is 26.3 Å². The average Bonchev–Trinajstić information content (AvgIpc) is 3.45. The number of piperidine rings is 1. The summed E-state index contributed by atoms with van der Waals surface area (Å²) < 4.78 is 6.37. The number of nitrogens with zero attached hydrogens (tertiary/aromatic N) is 2. The predicted molar refractivity (Wildman–Crippen MR) is 108 cm³/mol. The van der Waals surface area contributed by atoms with Crippen molar-refractivity contribution in [2.75, 3.05) is 19.7 Å². The highest BCUT2D eigenvalue weighted by Crippen LogP contribution is 2.45. The summed E-state index contributed by atoms with van der Waals surface area (Å²) in [7, 11) is 0. The molecule has 28 heavy (non-hydrogen) atoms. The molecule has 2 N–H and O–H groups in total. The van der Waals surface area contributed by atoms with E-state index in [1.54, 1.807) is 17.7 Å². The summed E-state index contributed by atoms with van der Waals surface area (Å²) in [6, 6.07) is 2.49. The molecule has 0 aromatic carbocycles. The van der Waals surface area contributed by atoms with Crippen LogP contribution in [-0.2, 0) is 23.3 Å². The van der Waals surface area contributed by atoms with Gasteiger partial charge in [0.05, 0.1) is 17.8 Å². The Labute approximate surface area is 169 Å². The molecular weight excluding hydrogens is 372 g/mol. The van der Waals surface area contributed by atoms with Gasteiger partial charge in [0.1, 0.15) is 5.60 Å². The van der Waals surface area contributed by atoms with Crippen LogP contribution in [0.3, 0.4) is 0 Å². The number of amides is 1. The van der Waals surface area contributed by atoms with Crippen LogP contribution in [0, 0.1) is 0 Å². The fourth-order valence-corrected chi connectivity index (χ4v) is 6.23. The van der Waals surface area contributed by atoms with E-state index < -0.39 is 0 Å². The number of carbonyl (C=O) groups excluding carboxylic acids is 1. The van der Waals surface area contributed by atoms with E-state index >= 15 is 0 Å². The van der Waals surface area contributed by atoms with Crippen molar-refractivity contribution in [2.45, 2.75) is 63.1 Å². The topological polar surface area (TPSA) is 70.2 Å². The van der Waals surface area contributed by atoms with Gasteiger partial charge in [-0.1, -0.05) is 12.8 Å². The highest BCUT2D eigenvalue weighted by atomic mass is 32.1. The van der Waals surface area contributed by atoms with Crippen LogP contribution in [0.25, 0.3) is 0 Å². The van der Waals surface area contributed by atoms with Crippen molar-refractivity contribution in [3.63, 3.8) is 0 Å². The van der Waals surface area contributed by atoms with Gasteiger partial charge in [-0.3, -0.25) is 9.69 Å². The van der Waals surface area contributed by atoms with Gasteiger partial charge in [0.25, 0.3) is 5.91 Å². The number of aromatic amines is 1. The SMILES string of the molecule is O=C(NC1CCCC1)c1cc2c(s1)C1(CCN(Cc3cnc[nH]3)CC1)OCC2. The molecule has 150 valence electrons. The number of fused-ring (bicyclic) bond motifs is 2. The molecule has 0 bridgehead atoms. The summed E-state index contributed by atoms with van der Waals surface area (Å²) in [6.45, 7) is 3.66. The maximum Gasteiger partial charge on any atom is 0.261 e. The maximum absolute atomic E-state index is 12.8. The predicted octanol–water partition coefficient (Wildman–Crippen LogP) is 3.21. The molecule has 1 amide bonds. The van der Waals surface area contributed by atoms with Crippen LogP contribution in [0.5, 0.6) is 0 Å². The number of H-pyrrole nitrogens is 1. The molecule has 2 aliphatic heterocycles. The van der Waals surface area contributed by atoms with Crippen LogP contribution in [0.1, 0.15) is 64.3 Å². The highest BCUT2D eigenvalue weighted by molar-refractivity contribution is 7.14. The Morgan fingerprint density at radius 2 is 2.18 bits per heavy atom. The lowest BCUT2D eigenvalue weighted by Gasteiger charge is -2.43. The van der Waals surface area contributed by atoms with Crippen molar-refractivity contribution in [3.05, 3.63) is 39.6 Å². The molecule has 4 heterocycles. The van der Waals surface area contributed by atoms with Crippen molar-refractivity contribution >= 4 is 17.2 Å². The van der Waals surface area contributed by atoms with E-state index in [0.717, 1.165) is 68.9 Å². The third-order valence-corrected chi connectivity index (χ3v) is 7.86. The van der Waals surface area contributed by atoms with Crippen molar-refractivity contribution in [1.29, 1.82) is 0 Å². The first-order chi connectivity index (χ1) is 13.7. The Bertz CT molecular complexity index is 818. The molecule has 1 saturated carbocycles. The third-order valence-electron chi connectivity index (χ3n) is 6.50. The number of likely N-dealkylation sites (tertiary alicyclic amines) is 1. The summed E-state index contributed by atoms with van der Waals surface area (Å²) in [5.74, 6) is 0.109. The summed E-state index contributed by atoms with van der Waals surface area (Å²) >= 11 is 1.67. The molecule has 2 aromatic heterocycles. The van der Waals surface area contributed by atoms with Crippen LogP contribution < -0.4 is 5.32 Å². The molecule has 0 unspecified atom stereocenters. The number of hydrogen-bond donors (Lipinski definition) is 2. The smallest absolute Gasteiger partial charge is 0.261 e. The van der Waals surface area contributed by atoms with E-state index in [4.69, 9.17) is 4.74 Å². The van der Waals surface area contributed by atoms with Crippen LogP contribution in [0.15, 0.2) is 18.6 Å². The number of thiophene rings is 1. The van der Waals surface area contributed by atoms with Gasteiger partial charge >= 0.3 is 0 Å². The number of nitrogens with one attached hydrogen (secondary N) is 2. The van der Waals surface area contributed by atoms with Crippen molar-refractivity contribution in [2.24, 2.45) is 0 Å². The Balaban J connectivity index is 1.29. The minimum Gasteiger partial charge on any atom is -0.369 e. The third kappa shape index (κ3) is 3.51. The van der Waals surface area contributed by atoms with Crippen LogP contribution in [0.4, 0.5) is 0 Å². The van der Waals surface area contributed by atoms with Crippen LogP contribution in [-0.4, -0.2) is 46.5 Å². The first-order valence-corrected chi connectivity index (χ1v) is 11.3. The summed E-state index contributed by atoms with van der Waals surface area (Å²) in [6.07, 6.45) is 11.2. The fourth-order valence-electron chi connectivity index (χ4n) is 4.92. The van der Waals surface area contributed by atoms with E-state index in [1.807, 2.05) is 6.20 Å². The molecule has 0 radical (unpaired) electrons. The molecule has 2 aromatic rings. The van der Waals surface area contributed by atoms with Gasteiger partial charge in [-0.05, 0) is 43.7 Å². The minimum absolute atomic E-state index is 0.109. The first kappa shape index (κ1) is 18.3. The van der Waals surface area contributed by atoms with Gasteiger partial charge in [-0.25, -0.2) is 4.98 Å². The molecule has 2 fully saturated rings. The summed E-state index contributed by atoms with van der Waals surface area (Å²) in [5, 5.41) is 3.24.